The van der Waals surface area contributed by atoms with E-state index >= 15 is 0 Å². The Morgan fingerprint density at radius 2 is 0.839 bits per heavy atom. The SMILES string of the molecule is CCCCCCCCCCCC(c1ccccc1)C(c1ccccc1)c1ccccc1. The molecular formula is C31H40. The molecule has 164 valence electrons. The molecule has 3 aromatic rings. The van der Waals surface area contributed by atoms with E-state index in [1.807, 2.05) is 0 Å². The van der Waals surface area contributed by atoms with Gasteiger partial charge in [0, 0.05) is 5.92 Å². The van der Waals surface area contributed by atoms with Crippen LogP contribution in [0, 0.1) is 0 Å². The molecule has 0 saturated heterocycles. The molecule has 1 unspecified atom stereocenters. The van der Waals surface area contributed by atoms with E-state index in [1.54, 1.807) is 0 Å². The van der Waals surface area contributed by atoms with E-state index in [0.29, 0.717) is 11.8 Å². The molecule has 0 radical (unpaired) electrons. The zero-order valence-corrected chi connectivity index (χ0v) is 19.4. The summed E-state index contributed by atoms with van der Waals surface area (Å²) in [5, 5.41) is 0. The van der Waals surface area contributed by atoms with Gasteiger partial charge in [-0.1, -0.05) is 156 Å². The van der Waals surface area contributed by atoms with Crippen LogP contribution >= 0.6 is 0 Å². The third-order valence-corrected chi connectivity index (χ3v) is 6.57. The third-order valence-electron chi connectivity index (χ3n) is 6.57. The summed E-state index contributed by atoms with van der Waals surface area (Å²) in [5.41, 5.74) is 4.33. The summed E-state index contributed by atoms with van der Waals surface area (Å²) in [7, 11) is 0. The smallest absolute Gasteiger partial charge is 0.0158 e. The molecule has 0 aliphatic rings. The maximum atomic E-state index is 2.33. The van der Waals surface area contributed by atoms with Gasteiger partial charge in [-0.3, -0.25) is 0 Å². The number of rotatable bonds is 14. The van der Waals surface area contributed by atoms with Crippen molar-refractivity contribution in [3.63, 3.8) is 0 Å². The molecule has 1 atom stereocenters. The van der Waals surface area contributed by atoms with Crippen LogP contribution in [0.25, 0.3) is 0 Å². The predicted molar refractivity (Wildman–Crippen MR) is 136 cm³/mol. The standard InChI is InChI=1S/C31H40/c1-2-3-4-5-6-7-8-9-19-26-30(27-20-13-10-14-21-27)31(28-22-15-11-16-23-28)29-24-17-12-18-25-29/h10-18,20-25,30-31H,2-9,19,26H2,1H3. The van der Waals surface area contributed by atoms with E-state index in [4.69, 9.17) is 0 Å². The monoisotopic (exact) mass is 412 g/mol. The Bertz CT molecular complexity index is 767. The van der Waals surface area contributed by atoms with Crippen LogP contribution in [0.4, 0.5) is 0 Å². The van der Waals surface area contributed by atoms with Crippen LogP contribution < -0.4 is 0 Å². The summed E-state index contributed by atoms with van der Waals surface area (Å²) in [4.78, 5) is 0. The first-order valence-electron chi connectivity index (χ1n) is 12.5. The molecule has 0 spiro atoms. The Morgan fingerprint density at radius 3 is 1.29 bits per heavy atom. The molecule has 0 bridgehead atoms. The van der Waals surface area contributed by atoms with Crippen LogP contribution in [0.15, 0.2) is 91.0 Å². The Hall–Kier alpha value is -2.34. The highest BCUT2D eigenvalue weighted by Gasteiger charge is 2.26. The van der Waals surface area contributed by atoms with E-state index in [9.17, 15) is 0 Å². The van der Waals surface area contributed by atoms with Crippen molar-refractivity contribution in [2.75, 3.05) is 0 Å². The van der Waals surface area contributed by atoms with Crippen LogP contribution in [0.5, 0.6) is 0 Å². The Balaban J connectivity index is 1.69. The van der Waals surface area contributed by atoms with Gasteiger partial charge in [-0.15, -0.1) is 0 Å². The summed E-state index contributed by atoms with van der Waals surface area (Å²) in [6.45, 7) is 2.29. The lowest BCUT2D eigenvalue weighted by molar-refractivity contribution is 0.500. The maximum Gasteiger partial charge on any atom is 0.0158 e. The predicted octanol–water partition coefficient (Wildman–Crippen LogP) is 9.52. The fourth-order valence-corrected chi connectivity index (χ4v) is 4.88. The number of benzene rings is 3. The minimum absolute atomic E-state index is 0.402. The minimum atomic E-state index is 0.402. The molecule has 31 heavy (non-hydrogen) atoms. The number of unbranched alkanes of at least 4 members (excludes halogenated alkanes) is 8. The summed E-state index contributed by atoms with van der Waals surface area (Å²) >= 11 is 0. The molecular weight excluding hydrogens is 372 g/mol. The molecule has 0 amide bonds. The fraction of sp³-hybridized carbons (Fsp3) is 0.419. The first kappa shape index (κ1) is 23.3. The van der Waals surface area contributed by atoms with Crippen molar-refractivity contribution in [2.24, 2.45) is 0 Å². The molecule has 0 nitrogen and oxygen atoms in total. The Labute approximate surface area is 190 Å². The molecule has 0 heterocycles. The summed E-state index contributed by atoms with van der Waals surface area (Å²) in [6, 6.07) is 33.4. The fourth-order valence-electron chi connectivity index (χ4n) is 4.88. The second-order valence-corrected chi connectivity index (χ2v) is 8.93. The lowest BCUT2D eigenvalue weighted by Crippen LogP contribution is -2.13. The van der Waals surface area contributed by atoms with Crippen LogP contribution in [0.3, 0.4) is 0 Å². The zero-order chi connectivity index (χ0) is 21.6. The summed E-state index contributed by atoms with van der Waals surface area (Å²) < 4.78 is 0. The Morgan fingerprint density at radius 1 is 0.452 bits per heavy atom. The van der Waals surface area contributed by atoms with Crippen molar-refractivity contribution in [1.82, 2.24) is 0 Å². The lowest BCUT2D eigenvalue weighted by Gasteiger charge is -2.29. The molecule has 0 aliphatic carbocycles. The van der Waals surface area contributed by atoms with E-state index in [2.05, 4.69) is 97.9 Å². The van der Waals surface area contributed by atoms with Crippen molar-refractivity contribution >= 4 is 0 Å². The van der Waals surface area contributed by atoms with Crippen LogP contribution in [-0.4, -0.2) is 0 Å². The Kier molecular flexibility index (Phi) is 10.4. The first-order valence-corrected chi connectivity index (χ1v) is 12.5. The summed E-state index contributed by atoms with van der Waals surface area (Å²) in [6.07, 6.45) is 13.7. The summed E-state index contributed by atoms with van der Waals surface area (Å²) in [5.74, 6) is 0.911. The molecule has 3 rings (SSSR count). The van der Waals surface area contributed by atoms with Gasteiger partial charge in [0.25, 0.3) is 0 Å². The van der Waals surface area contributed by atoms with Crippen molar-refractivity contribution in [1.29, 1.82) is 0 Å². The van der Waals surface area contributed by atoms with Crippen molar-refractivity contribution in [3.8, 4) is 0 Å². The quantitative estimate of drug-likeness (QED) is 0.231. The van der Waals surface area contributed by atoms with Gasteiger partial charge in [0.05, 0.1) is 0 Å². The zero-order valence-electron chi connectivity index (χ0n) is 19.4. The number of hydrogen-bond acceptors (Lipinski definition) is 0. The van der Waals surface area contributed by atoms with Gasteiger partial charge in [-0.2, -0.15) is 0 Å². The van der Waals surface area contributed by atoms with Crippen LogP contribution in [0.1, 0.15) is 99.7 Å². The van der Waals surface area contributed by atoms with E-state index in [0.717, 1.165) is 0 Å². The molecule has 0 saturated carbocycles. The van der Waals surface area contributed by atoms with E-state index in [1.165, 1.54) is 80.9 Å². The van der Waals surface area contributed by atoms with E-state index < -0.39 is 0 Å². The van der Waals surface area contributed by atoms with Crippen molar-refractivity contribution in [2.45, 2.75) is 83.0 Å². The molecule has 0 N–H and O–H groups in total. The van der Waals surface area contributed by atoms with Crippen LogP contribution in [0.2, 0.25) is 0 Å². The number of hydrogen-bond donors (Lipinski definition) is 0. The maximum absolute atomic E-state index is 2.33. The van der Waals surface area contributed by atoms with Gasteiger partial charge in [-0.05, 0) is 29.0 Å². The second-order valence-electron chi connectivity index (χ2n) is 8.93. The van der Waals surface area contributed by atoms with Gasteiger partial charge in [0.15, 0.2) is 0 Å². The average Bonchev–Trinajstić information content (AvgIpc) is 2.84. The third kappa shape index (κ3) is 7.69. The largest absolute Gasteiger partial charge is 0.0654 e. The molecule has 0 heteroatoms. The van der Waals surface area contributed by atoms with E-state index in [-0.39, 0.29) is 0 Å². The van der Waals surface area contributed by atoms with Gasteiger partial charge in [-0.25, -0.2) is 0 Å². The van der Waals surface area contributed by atoms with Crippen LogP contribution in [-0.2, 0) is 0 Å². The normalized spacial score (nSPS) is 12.2. The van der Waals surface area contributed by atoms with Crippen molar-refractivity contribution in [3.05, 3.63) is 108 Å². The average molecular weight is 413 g/mol. The van der Waals surface area contributed by atoms with Gasteiger partial charge >= 0.3 is 0 Å². The minimum Gasteiger partial charge on any atom is -0.0654 e. The van der Waals surface area contributed by atoms with Crippen molar-refractivity contribution < 1.29 is 0 Å². The van der Waals surface area contributed by atoms with Gasteiger partial charge in [0.2, 0.25) is 0 Å². The second kappa shape index (κ2) is 13.9. The highest BCUT2D eigenvalue weighted by atomic mass is 14.3. The van der Waals surface area contributed by atoms with Gasteiger partial charge < -0.3 is 0 Å². The molecule has 0 aliphatic heterocycles. The lowest BCUT2D eigenvalue weighted by atomic mass is 9.75. The molecule has 0 fully saturated rings. The molecule has 3 aromatic carbocycles. The highest BCUT2D eigenvalue weighted by molar-refractivity contribution is 5.38. The topological polar surface area (TPSA) is 0 Å². The first-order chi connectivity index (χ1) is 15.4. The molecule has 0 aromatic heterocycles. The highest BCUT2D eigenvalue weighted by Crippen LogP contribution is 2.41. The van der Waals surface area contributed by atoms with Gasteiger partial charge in [0.1, 0.15) is 0 Å².